The molecule has 1 unspecified atom stereocenters. The van der Waals surface area contributed by atoms with Gasteiger partial charge in [-0.1, -0.05) is 48.0 Å². The highest BCUT2D eigenvalue weighted by Gasteiger charge is 2.30. The van der Waals surface area contributed by atoms with E-state index in [1.807, 2.05) is 12.1 Å². The molecule has 0 saturated carbocycles. The highest BCUT2D eigenvalue weighted by Crippen LogP contribution is 2.42. The normalized spacial score (nSPS) is 16.3. The molecule has 1 aliphatic rings. The largest absolute Gasteiger partial charge is 0.493 e. The Balaban J connectivity index is 1.82. The van der Waals surface area contributed by atoms with Crippen molar-refractivity contribution < 1.29 is 9.47 Å². The van der Waals surface area contributed by atoms with Crippen LogP contribution in [0.3, 0.4) is 0 Å². The fraction of sp³-hybridized carbons (Fsp3) is 0.280. The number of nitrogens with zero attached hydrogens (tertiary/aromatic N) is 1. The van der Waals surface area contributed by atoms with E-state index in [9.17, 15) is 0 Å². The number of ether oxygens (including phenoxy) is 2. The van der Waals surface area contributed by atoms with Gasteiger partial charge in [0.15, 0.2) is 11.5 Å². The number of methoxy groups -OCH3 is 2. The minimum atomic E-state index is 0.108. The molecule has 1 atom stereocenters. The topological polar surface area (TPSA) is 21.7 Å². The second-order valence-corrected chi connectivity index (χ2v) is 7.95. The minimum absolute atomic E-state index is 0.108. The Morgan fingerprint density at radius 2 is 1.72 bits per heavy atom. The molecule has 0 amide bonds. The summed E-state index contributed by atoms with van der Waals surface area (Å²) in [5.74, 6) is 1.54. The SMILES string of the molecule is COc1cc2c(cc1OC)C(c1cccc(Cl)c1)N(Cc1ccccc1C)CC2. The van der Waals surface area contributed by atoms with E-state index in [2.05, 4.69) is 60.4 Å². The molecule has 0 radical (unpaired) electrons. The monoisotopic (exact) mass is 407 g/mol. The number of halogens is 1. The summed E-state index contributed by atoms with van der Waals surface area (Å²) in [7, 11) is 3.37. The molecule has 0 spiro atoms. The Bertz CT molecular complexity index is 1020. The second kappa shape index (κ2) is 8.48. The number of benzene rings is 3. The standard InChI is InChI=1S/C25H26ClNO2/c1-17-7-4-5-8-20(17)16-27-12-11-18-14-23(28-2)24(29-3)15-22(18)25(27)19-9-6-10-21(26)13-19/h4-10,13-15,25H,11-12,16H2,1-3H3. The predicted molar refractivity (Wildman–Crippen MR) is 118 cm³/mol. The van der Waals surface area contributed by atoms with Crippen LogP contribution in [0.5, 0.6) is 11.5 Å². The molecule has 4 heteroatoms. The zero-order valence-electron chi connectivity index (χ0n) is 17.1. The van der Waals surface area contributed by atoms with E-state index in [4.69, 9.17) is 21.1 Å². The van der Waals surface area contributed by atoms with Crippen LogP contribution in [0.25, 0.3) is 0 Å². The molecule has 3 aromatic rings. The quantitative estimate of drug-likeness (QED) is 0.532. The van der Waals surface area contributed by atoms with Gasteiger partial charge >= 0.3 is 0 Å². The third-order valence-electron chi connectivity index (χ3n) is 5.77. The molecule has 29 heavy (non-hydrogen) atoms. The van der Waals surface area contributed by atoms with Crippen molar-refractivity contribution in [2.45, 2.75) is 25.9 Å². The Morgan fingerprint density at radius 1 is 0.966 bits per heavy atom. The van der Waals surface area contributed by atoms with Gasteiger partial charge in [-0.25, -0.2) is 0 Å². The zero-order chi connectivity index (χ0) is 20.4. The van der Waals surface area contributed by atoms with E-state index < -0.39 is 0 Å². The van der Waals surface area contributed by atoms with Gasteiger partial charge in [0.25, 0.3) is 0 Å². The summed E-state index contributed by atoms with van der Waals surface area (Å²) < 4.78 is 11.2. The number of fused-ring (bicyclic) bond motifs is 1. The Morgan fingerprint density at radius 3 is 2.45 bits per heavy atom. The van der Waals surface area contributed by atoms with E-state index >= 15 is 0 Å². The first-order valence-electron chi connectivity index (χ1n) is 9.89. The van der Waals surface area contributed by atoms with Crippen molar-refractivity contribution in [3.8, 4) is 11.5 Å². The third kappa shape index (κ3) is 3.98. The van der Waals surface area contributed by atoms with Gasteiger partial charge < -0.3 is 9.47 Å². The average molecular weight is 408 g/mol. The van der Waals surface area contributed by atoms with E-state index in [1.165, 1.54) is 27.8 Å². The first kappa shape index (κ1) is 19.8. The zero-order valence-corrected chi connectivity index (χ0v) is 17.9. The van der Waals surface area contributed by atoms with Crippen LogP contribution < -0.4 is 9.47 Å². The van der Waals surface area contributed by atoms with E-state index in [1.54, 1.807) is 14.2 Å². The average Bonchev–Trinajstić information content (AvgIpc) is 2.74. The predicted octanol–water partition coefficient (Wildman–Crippen LogP) is 5.81. The van der Waals surface area contributed by atoms with Crippen LogP contribution in [0.1, 0.15) is 33.9 Å². The molecule has 3 nitrogen and oxygen atoms in total. The Kier molecular flexibility index (Phi) is 5.79. The van der Waals surface area contributed by atoms with Gasteiger partial charge in [-0.2, -0.15) is 0 Å². The molecule has 0 N–H and O–H groups in total. The molecule has 3 aromatic carbocycles. The molecule has 0 aromatic heterocycles. The van der Waals surface area contributed by atoms with Crippen LogP contribution in [0.2, 0.25) is 5.02 Å². The number of rotatable bonds is 5. The van der Waals surface area contributed by atoms with Crippen LogP contribution in [-0.4, -0.2) is 25.7 Å². The smallest absolute Gasteiger partial charge is 0.161 e. The van der Waals surface area contributed by atoms with E-state index in [-0.39, 0.29) is 6.04 Å². The highest BCUT2D eigenvalue weighted by atomic mass is 35.5. The maximum absolute atomic E-state index is 6.37. The van der Waals surface area contributed by atoms with Crippen LogP contribution in [0.4, 0.5) is 0 Å². The lowest BCUT2D eigenvalue weighted by Crippen LogP contribution is -2.36. The summed E-state index contributed by atoms with van der Waals surface area (Å²) in [6, 6.07) is 21.1. The molecule has 0 aliphatic carbocycles. The lowest BCUT2D eigenvalue weighted by molar-refractivity contribution is 0.203. The van der Waals surface area contributed by atoms with Crippen molar-refractivity contribution in [2.24, 2.45) is 0 Å². The summed E-state index contributed by atoms with van der Waals surface area (Å²) in [6.45, 7) is 4.03. The molecular formula is C25H26ClNO2. The van der Waals surface area contributed by atoms with Gasteiger partial charge in [0, 0.05) is 18.1 Å². The lowest BCUT2D eigenvalue weighted by Gasteiger charge is -2.38. The number of hydrogen-bond donors (Lipinski definition) is 0. The first-order valence-corrected chi connectivity index (χ1v) is 10.3. The second-order valence-electron chi connectivity index (χ2n) is 7.51. The van der Waals surface area contributed by atoms with Gasteiger partial charge in [0.05, 0.1) is 20.3 Å². The maximum atomic E-state index is 6.37. The van der Waals surface area contributed by atoms with E-state index in [0.717, 1.165) is 36.0 Å². The van der Waals surface area contributed by atoms with Crippen molar-refractivity contribution >= 4 is 11.6 Å². The molecule has 4 rings (SSSR count). The van der Waals surface area contributed by atoms with Gasteiger partial charge in [0.1, 0.15) is 0 Å². The molecule has 1 heterocycles. The highest BCUT2D eigenvalue weighted by molar-refractivity contribution is 6.30. The Hall–Kier alpha value is -2.49. The summed E-state index contributed by atoms with van der Waals surface area (Å²) in [4.78, 5) is 2.53. The molecule has 150 valence electrons. The van der Waals surface area contributed by atoms with Crippen molar-refractivity contribution in [3.05, 3.63) is 93.5 Å². The van der Waals surface area contributed by atoms with Gasteiger partial charge in [-0.05, 0) is 65.4 Å². The molecular weight excluding hydrogens is 382 g/mol. The van der Waals surface area contributed by atoms with Crippen LogP contribution in [0.15, 0.2) is 60.7 Å². The third-order valence-corrected chi connectivity index (χ3v) is 6.01. The van der Waals surface area contributed by atoms with Crippen LogP contribution in [0, 0.1) is 6.92 Å². The molecule has 0 fully saturated rings. The van der Waals surface area contributed by atoms with E-state index in [0.29, 0.717) is 0 Å². The first-order chi connectivity index (χ1) is 14.1. The minimum Gasteiger partial charge on any atom is -0.493 e. The van der Waals surface area contributed by atoms with Crippen molar-refractivity contribution in [2.75, 3.05) is 20.8 Å². The maximum Gasteiger partial charge on any atom is 0.161 e. The molecule has 0 saturated heterocycles. The van der Waals surface area contributed by atoms with Crippen molar-refractivity contribution in [3.63, 3.8) is 0 Å². The number of aryl methyl sites for hydroxylation is 1. The van der Waals surface area contributed by atoms with Crippen molar-refractivity contribution in [1.82, 2.24) is 4.90 Å². The summed E-state index contributed by atoms with van der Waals surface area (Å²) in [5, 5.41) is 0.756. The lowest BCUT2D eigenvalue weighted by atomic mass is 9.87. The Labute approximate surface area is 177 Å². The van der Waals surface area contributed by atoms with Crippen molar-refractivity contribution in [1.29, 1.82) is 0 Å². The van der Waals surface area contributed by atoms with Crippen LogP contribution in [-0.2, 0) is 13.0 Å². The molecule has 0 bridgehead atoms. The fourth-order valence-corrected chi connectivity index (χ4v) is 4.44. The van der Waals surface area contributed by atoms with Gasteiger partial charge in [-0.15, -0.1) is 0 Å². The molecule has 1 aliphatic heterocycles. The summed E-state index contributed by atoms with van der Waals surface area (Å²) in [6.07, 6.45) is 0.971. The van der Waals surface area contributed by atoms with Crippen LogP contribution >= 0.6 is 11.6 Å². The fourth-order valence-electron chi connectivity index (χ4n) is 4.24. The van der Waals surface area contributed by atoms with Gasteiger partial charge in [-0.3, -0.25) is 4.90 Å². The summed E-state index contributed by atoms with van der Waals surface area (Å²) in [5.41, 5.74) is 6.41. The van der Waals surface area contributed by atoms with Gasteiger partial charge in [0.2, 0.25) is 0 Å². The summed E-state index contributed by atoms with van der Waals surface area (Å²) >= 11 is 6.37. The number of hydrogen-bond acceptors (Lipinski definition) is 3.